The van der Waals surface area contributed by atoms with E-state index in [1.165, 1.54) is 30.2 Å². The highest BCUT2D eigenvalue weighted by molar-refractivity contribution is 7.13. The summed E-state index contributed by atoms with van der Waals surface area (Å²) in [7, 11) is 0. The summed E-state index contributed by atoms with van der Waals surface area (Å²) in [6.45, 7) is 11.9. The molecule has 2 rings (SSSR count). The van der Waals surface area contributed by atoms with Gasteiger partial charge in [0.2, 0.25) is 0 Å². The molecule has 0 atom stereocenters. The average Bonchev–Trinajstić information content (AvgIpc) is 2.99. The normalized spacial score (nSPS) is 16.0. The van der Waals surface area contributed by atoms with Crippen LogP contribution in [0.25, 0.3) is 0 Å². The lowest BCUT2D eigenvalue weighted by atomic mass is 10.1. The van der Waals surface area contributed by atoms with Gasteiger partial charge in [0.25, 0.3) is 0 Å². The molecule has 0 spiro atoms. The van der Waals surface area contributed by atoms with Crippen LogP contribution in [0.15, 0.2) is 5.38 Å². The van der Waals surface area contributed by atoms with Gasteiger partial charge in [0.15, 0.2) is 5.13 Å². The van der Waals surface area contributed by atoms with E-state index < -0.39 is 0 Å². The quantitative estimate of drug-likeness (QED) is 0.857. The first-order chi connectivity index (χ1) is 8.48. The molecular formula is C14H25N3S. The smallest absolute Gasteiger partial charge is 0.185 e. The SMILES string of the molecule is CCN(CC1CC1)c1nc(CNC(C)(C)C)cs1. The van der Waals surface area contributed by atoms with E-state index in [1.807, 2.05) is 0 Å². The molecule has 0 bridgehead atoms. The Bertz CT molecular complexity index is 377. The molecule has 0 radical (unpaired) electrons. The van der Waals surface area contributed by atoms with Crippen molar-refractivity contribution >= 4 is 16.5 Å². The molecule has 3 nitrogen and oxygen atoms in total. The van der Waals surface area contributed by atoms with Crippen molar-refractivity contribution in [1.29, 1.82) is 0 Å². The third-order valence-corrected chi connectivity index (χ3v) is 4.12. The molecule has 0 aromatic carbocycles. The standard InChI is InChI=1S/C14H25N3S/c1-5-17(9-11-6-7-11)13-16-12(10-18-13)8-15-14(2,3)4/h10-11,15H,5-9H2,1-4H3. The van der Waals surface area contributed by atoms with Gasteiger partial charge in [0.05, 0.1) is 5.69 Å². The Balaban J connectivity index is 1.91. The van der Waals surface area contributed by atoms with E-state index in [2.05, 4.69) is 43.3 Å². The molecule has 1 fully saturated rings. The van der Waals surface area contributed by atoms with Crippen LogP contribution in [0.2, 0.25) is 0 Å². The van der Waals surface area contributed by atoms with Crippen molar-refractivity contribution in [3.63, 3.8) is 0 Å². The zero-order chi connectivity index (χ0) is 13.2. The van der Waals surface area contributed by atoms with Crippen molar-refractivity contribution in [1.82, 2.24) is 10.3 Å². The average molecular weight is 267 g/mol. The molecule has 1 heterocycles. The molecule has 0 amide bonds. The van der Waals surface area contributed by atoms with E-state index in [9.17, 15) is 0 Å². The molecule has 0 aliphatic heterocycles. The number of nitrogens with zero attached hydrogens (tertiary/aromatic N) is 2. The van der Waals surface area contributed by atoms with E-state index in [-0.39, 0.29) is 5.54 Å². The van der Waals surface area contributed by atoms with E-state index in [4.69, 9.17) is 4.98 Å². The van der Waals surface area contributed by atoms with Crippen molar-refractivity contribution in [2.45, 2.75) is 52.6 Å². The molecule has 1 N–H and O–H groups in total. The van der Waals surface area contributed by atoms with Crippen LogP contribution in [0.5, 0.6) is 0 Å². The van der Waals surface area contributed by atoms with E-state index in [1.54, 1.807) is 11.3 Å². The van der Waals surface area contributed by atoms with E-state index >= 15 is 0 Å². The third-order valence-electron chi connectivity index (χ3n) is 3.17. The lowest BCUT2D eigenvalue weighted by molar-refractivity contribution is 0.422. The summed E-state index contributed by atoms with van der Waals surface area (Å²) >= 11 is 1.78. The molecule has 1 aliphatic carbocycles. The lowest BCUT2D eigenvalue weighted by Gasteiger charge is -2.20. The number of hydrogen-bond donors (Lipinski definition) is 1. The largest absolute Gasteiger partial charge is 0.348 e. The summed E-state index contributed by atoms with van der Waals surface area (Å²) in [5.41, 5.74) is 1.32. The predicted octanol–water partition coefficient (Wildman–Crippen LogP) is 3.27. The number of thiazole rings is 1. The fraction of sp³-hybridized carbons (Fsp3) is 0.786. The van der Waals surface area contributed by atoms with Crippen LogP contribution in [0.1, 0.15) is 46.2 Å². The molecule has 1 saturated carbocycles. The second kappa shape index (κ2) is 5.57. The fourth-order valence-electron chi connectivity index (χ4n) is 1.83. The summed E-state index contributed by atoms with van der Waals surface area (Å²) in [5.74, 6) is 0.921. The molecular weight excluding hydrogens is 242 g/mol. The van der Waals surface area contributed by atoms with Gasteiger partial charge in [-0.1, -0.05) is 0 Å². The molecule has 0 unspecified atom stereocenters. The summed E-state index contributed by atoms with van der Waals surface area (Å²) in [4.78, 5) is 7.17. The molecule has 1 aromatic rings. The topological polar surface area (TPSA) is 28.2 Å². The molecule has 4 heteroatoms. The van der Waals surface area contributed by atoms with Gasteiger partial charge < -0.3 is 10.2 Å². The Labute approximate surface area is 115 Å². The lowest BCUT2D eigenvalue weighted by Crippen LogP contribution is -2.35. The number of anilines is 1. The van der Waals surface area contributed by atoms with Gasteiger partial charge in [0.1, 0.15) is 0 Å². The van der Waals surface area contributed by atoms with Crippen LogP contribution < -0.4 is 10.2 Å². The van der Waals surface area contributed by atoms with Crippen molar-refractivity contribution in [2.24, 2.45) is 5.92 Å². The van der Waals surface area contributed by atoms with Crippen molar-refractivity contribution < 1.29 is 0 Å². The first-order valence-corrected chi connectivity index (χ1v) is 7.80. The summed E-state index contributed by atoms with van der Waals surface area (Å²) < 4.78 is 0. The zero-order valence-electron chi connectivity index (χ0n) is 12.0. The predicted molar refractivity (Wildman–Crippen MR) is 79.3 cm³/mol. The van der Waals surface area contributed by atoms with Crippen LogP contribution in [0.3, 0.4) is 0 Å². The third kappa shape index (κ3) is 4.25. The highest BCUT2D eigenvalue weighted by Gasteiger charge is 2.25. The highest BCUT2D eigenvalue weighted by atomic mass is 32.1. The minimum absolute atomic E-state index is 0.155. The number of nitrogens with one attached hydrogen (secondary N) is 1. The molecule has 1 aliphatic rings. The van der Waals surface area contributed by atoms with Crippen LogP contribution in [-0.4, -0.2) is 23.6 Å². The Kier molecular flexibility index (Phi) is 4.28. The maximum absolute atomic E-state index is 4.75. The highest BCUT2D eigenvalue weighted by Crippen LogP contribution is 2.32. The monoisotopic (exact) mass is 267 g/mol. The van der Waals surface area contributed by atoms with Gasteiger partial charge in [-0.2, -0.15) is 0 Å². The minimum atomic E-state index is 0.155. The molecule has 102 valence electrons. The van der Waals surface area contributed by atoms with Gasteiger partial charge in [-0.05, 0) is 46.5 Å². The second-order valence-electron chi connectivity index (χ2n) is 6.21. The summed E-state index contributed by atoms with van der Waals surface area (Å²) in [6.07, 6.45) is 2.81. The molecule has 18 heavy (non-hydrogen) atoms. The molecule has 1 aromatic heterocycles. The maximum atomic E-state index is 4.75. The minimum Gasteiger partial charge on any atom is -0.348 e. The van der Waals surface area contributed by atoms with Crippen molar-refractivity contribution in [3.8, 4) is 0 Å². The Hall–Kier alpha value is -0.610. The Morgan fingerprint density at radius 1 is 1.44 bits per heavy atom. The Morgan fingerprint density at radius 2 is 2.17 bits per heavy atom. The van der Waals surface area contributed by atoms with Crippen LogP contribution in [0, 0.1) is 5.92 Å². The van der Waals surface area contributed by atoms with Crippen LogP contribution in [-0.2, 0) is 6.54 Å². The Morgan fingerprint density at radius 3 is 2.72 bits per heavy atom. The van der Waals surface area contributed by atoms with Gasteiger partial charge in [-0.15, -0.1) is 11.3 Å². The number of hydrogen-bond acceptors (Lipinski definition) is 4. The first-order valence-electron chi connectivity index (χ1n) is 6.92. The van der Waals surface area contributed by atoms with Crippen LogP contribution in [0.4, 0.5) is 5.13 Å². The molecule has 0 saturated heterocycles. The van der Waals surface area contributed by atoms with Gasteiger partial charge >= 0.3 is 0 Å². The number of aromatic nitrogens is 1. The summed E-state index contributed by atoms with van der Waals surface area (Å²) in [5, 5.41) is 6.86. The van der Waals surface area contributed by atoms with E-state index in [0.717, 1.165) is 19.0 Å². The van der Waals surface area contributed by atoms with Crippen molar-refractivity contribution in [3.05, 3.63) is 11.1 Å². The van der Waals surface area contributed by atoms with Crippen molar-refractivity contribution in [2.75, 3.05) is 18.0 Å². The fourth-order valence-corrected chi connectivity index (χ4v) is 2.73. The van der Waals surface area contributed by atoms with Gasteiger partial charge in [-0.3, -0.25) is 0 Å². The number of rotatable bonds is 6. The van der Waals surface area contributed by atoms with Gasteiger partial charge in [-0.25, -0.2) is 4.98 Å². The summed E-state index contributed by atoms with van der Waals surface area (Å²) in [6, 6.07) is 0. The second-order valence-corrected chi connectivity index (χ2v) is 7.04. The van der Waals surface area contributed by atoms with Crippen LogP contribution >= 0.6 is 11.3 Å². The zero-order valence-corrected chi connectivity index (χ0v) is 12.8. The van der Waals surface area contributed by atoms with E-state index in [0.29, 0.717) is 0 Å². The maximum Gasteiger partial charge on any atom is 0.185 e. The first kappa shape index (κ1) is 13.8. The van der Waals surface area contributed by atoms with Gasteiger partial charge in [0, 0.05) is 30.6 Å².